The molecule has 0 saturated heterocycles. The van der Waals surface area contributed by atoms with Crippen LogP contribution in [-0.2, 0) is 0 Å². The average molecular weight is 311 g/mol. The Kier molecular flexibility index (Phi) is 3.97. The predicted molar refractivity (Wildman–Crippen MR) is 75.8 cm³/mol. The number of carboxylic acid groups (broad SMARTS) is 2. The van der Waals surface area contributed by atoms with E-state index in [0.29, 0.717) is 0 Å². The lowest BCUT2D eigenvalue weighted by Crippen LogP contribution is -2.05. The maximum Gasteiger partial charge on any atom is 0.336 e. The highest BCUT2D eigenvalue weighted by atomic mass is 35.5. The van der Waals surface area contributed by atoms with Crippen molar-refractivity contribution < 1.29 is 19.8 Å². The van der Waals surface area contributed by atoms with Gasteiger partial charge in [0.2, 0.25) is 0 Å². The van der Waals surface area contributed by atoms with Crippen LogP contribution in [0, 0.1) is 0 Å². The van der Waals surface area contributed by atoms with Crippen LogP contribution < -0.4 is 0 Å². The van der Waals surface area contributed by atoms with E-state index in [1.165, 1.54) is 36.4 Å². The van der Waals surface area contributed by atoms with Crippen molar-refractivity contribution >= 4 is 35.1 Å². The lowest BCUT2D eigenvalue weighted by molar-refractivity contribution is 0.0684. The summed E-state index contributed by atoms with van der Waals surface area (Å²) in [7, 11) is 0. The highest BCUT2D eigenvalue weighted by Gasteiger charge is 2.22. The van der Waals surface area contributed by atoms with Gasteiger partial charge in [0.25, 0.3) is 0 Å². The van der Waals surface area contributed by atoms with E-state index in [1.807, 2.05) is 0 Å². The minimum Gasteiger partial charge on any atom is -0.478 e. The van der Waals surface area contributed by atoms with Gasteiger partial charge in [-0.05, 0) is 24.3 Å². The molecule has 2 rings (SSSR count). The molecule has 0 unspecified atom stereocenters. The molecule has 0 aliphatic rings. The zero-order chi connectivity index (χ0) is 14.9. The van der Waals surface area contributed by atoms with Gasteiger partial charge in [-0.25, -0.2) is 9.59 Å². The molecule has 6 heteroatoms. The largest absolute Gasteiger partial charge is 0.478 e. The van der Waals surface area contributed by atoms with E-state index >= 15 is 0 Å². The zero-order valence-electron chi connectivity index (χ0n) is 9.93. The van der Waals surface area contributed by atoms with Crippen LogP contribution >= 0.6 is 23.2 Å². The molecule has 20 heavy (non-hydrogen) atoms. The van der Waals surface area contributed by atoms with Crippen molar-refractivity contribution in [1.29, 1.82) is 0 Å². The smallest absolute Gasteiger partial charge is 0.336 e. The van der Waals surface area contributed by atoms with Gasteiger partial charge in [-0.1, -0.05) is 35.3 Å². The number of carboxylic acids is 2. The highest BCUT2D eigenvalue weighted by Crippen LogP contribution is 2.38. The minimum atomic E-state index is -1.21. The number of aromatic carboxylic acids is 2. The Hall–Kier alpha value is -2.04. The van der Waals surface area contributed by atoms with Crippen molar-refractivity contribution in [3.05, 3.63) is 57.6 Å². The Bertz CT molecular complexity index is 649. The van der Waals surface area contributed by atoms with E-state index in [-0.39, 0.29) is 32.3 Å². The highest BCUT2D eigenvalue weighted by molar-refractivity contribution is 6.38. The molecule has 0 spiro atoms. The Morgan fingerprint density at radius 1 is 0.750 bits per heavy atom. The summed E-state index contributed by atoms with van der Waals surface area (Å²) in [5.74, 6) is -2.42. The Morgan fingerprint density at radius 2 is 1.10 bits per heavy atom. The third kappa shape index (κ3) is 2.48. The van der Waals surface area contributed by atoms with Gasteiger partial charge in [-0.2, -0.15) is 0 Å². The van der Waals surface area contributed by atoms with Crippen LogP contribution in [0.5, 0.6) is 0 Å². The molecular formula is C14H8Cl2O4. The molecule has 0 fully saturated rings. The topological polar surface area (TPSA) is 74.6 Å². The first-order chi connectivity index (χ1) is 9.43. The maximum absolute atomic E-state index is 11.3. The van der Waals surface area contributed by atoms with Crippen molar-refractivity contribution in [2.24, 2.45) is 0 Å². The van der Waals surface area contributed by atoms with E-state index in [0.717, 1.165) is 0 Å². The lowest BCUT2D eigenvalue weighted by atomic mass is 9.95. The van der Waals surface area contributed by atoms with Crippen molar-refractivity contribution in [1.82, 2.24) is 0 Å². The van der Waals surface area contributed by atoms with Crippen LogP contribution in [-0.4, -0.2) is 22.2 Å². The van der Waals surface area contributed by atoms with Gasteiger partial charge >= 0.3 is 11.9 Å². The molecule has 2 aromatic carbocycles. The molecule has 0 atom stereocenters. The van der Waals surface area contributed by atoms with Gasteiger partial charge in [0.05, 0.1) is 11.1 Å². The van der Waals surface area contributed by atoms with Gasteiger partial charge < -0.3 is 10.2 Å². The van der Waals surface area contributed by atoms with Gasteiger partial charge in [0.15, 0.2) is 0 Å². The van der Waals surface area contributed by atoms with Crippen molar-refractivity contribution in [3.8, 4) is 11.1 Å². The molecule has 0 bridgehead atoms. The van der Waals surface area contributed by atoms with Crippen LogP contribution in [0.1, 0.15) is 20.7 Å². The van der Waals surface area contributed by atoms with E-state index in [2.05, 4.69) is 0 Å². The van der Waals surface area contributed by atoms with Crippen molar-refractivity contribution in [3.63, 3.8) is 0 Å². The van der Waals surface area contributed by atoms with Gasteiger partial charge in [0.1, 0.15) is 0 Å². The molecule has 0 aliphatic heterocycles. The summed E-state index contributed by atoms with van der Waals surface area (Å²) in [6.07, 6.45) is 0. The molecule has 0 aromatic heterocycles. The molecule has 4 nitrogen and oxygen atoms in total. The summed E-state index contributed by atoms with van der Waals surface area (Å²) < 4.78 is 0. The van der Waals surface area contributed by atoms with E-state index < -0.39 is 11.9 Å². The predicted octanol–water partition coefficient (Wildman–Crippen LogP) is 4.06. The van der Waals surface area contributed by atoms with E-state index in [9.17, 15) is 19.8 Å². The summed E-state index contributed by atoms with van der Waals surface area (Å²) in [5, 5.41) is 18.7. The van der Waals surface area contributed by atoms with Crippen molar-refractivity contribution in [2.75, 3.05) is 0 Å². The Labute approximate surface area is 124 Å². The normalized spacial score (nSPS) is 10.3. The average Bonchev–Trinajstić information content (AvgIpc) is 2.38. The molecule has 0 amide bonds. The monoisotopic (exact) mass is 310 g/mol. The fraction of sp³-hybridized carbons (Fsp3) is 0. The number of carbonyl (C=O) groups is 2. The second kappa shape index (κ2) is 5.53. The summed E-state index contributed by atoms with van der Waals surface area (Å²) in [4.78, 5) is 22.6. The van der Waals surface area contributed by atoms with Crippen LogP contribution in [0.25, 0.3) is 11.1 Å². The molecular weight excluding hydrogens is 303 g/mol. The quantitative estimate of drug-likeness (QED) is 0.896. The molecule has 2 aromatic rings. The fourth-order valence-corrected chi connectivity index (χ4v) is 2.45. The first-order valence-electron chi connectivity index (χ1n) is 5.47. The van der Waals surface area contributed by atoms with Crippen LogP contribution in [0.3, 0.4) is 0 Å². The van der Waals surface area contributed by atoms with E-state index in [1.54, 1.807) is 0 Å². The zero-order valence-corrected chi connectivity index (χ0v) is 11.4. The minimum absolute atomic E-state index is 0.102. The molecule has 0 saturated carbocycles. The summed E-state index contributed by atoms with van der Waals surface area (Å²) in [6.45, 7) is 0. The maximum atomic E-state index is 11.3. The summed E-state index contributed by atoms with van der Waals surface area (Å²) >= 11 is 12.1. The first kappa shape index (κ1) is 14.4. The molecule has 2 N–H and O–H groups in total. The molecule has 0 aliphatic carbocycles. The van der Waals surface area contributed by atoms with Crippen LogP contribution in [0.4, 0.5) is 0 Å². The van der Waals surface area contributed by atoms with Crippen LogP contribution in [0.15, 0.2) is 36.4 Å². The summed E-state index contributed by atoms with van der Waals surface area (Å²) in [5.41, 5.74) is -0.00414. The van der Waals surface area contributed by atoms with Crippen molar-refractivity contribution in [2.45, 2.75) is 0 Å². The number of benzene rings is 2. The fourth-order valence-electron chi connectivity index (χ4n) is 1.91. The van der Waals surface area contributed by atoms with Crippen LogP contribution in [0.2, 0.25) is 10.0 Å². The SMILES string of the molecule is O=C(O)c1cccc(Cl)c1-c1c(Cl)cccc1C(=O)O. The Balaban J connectivity index is 2.88. The second-order valence-corrected chi connectivity index (χ2v) is 4.75. The molecule has 0 radical (unpaired) electrons. The van der Waals surface area contributed by atoms with Gasteiger partial charge in [0, 0.05) is 21.2 Å². The number of hydrogen-bond donors (Lipinski definition) is 2. The van der Waals surface area contributed by atoms with Gasteiger partial charge in [-0.15, -0.1) is 0 Å². The second-order valence-electron chi connectivity index (χ2n) is 3.94. The molecule has 102 valence electrons. The number of halogens is 2. The van der Waals surface area contributed by atoms with Gasteiger partial charge in [-0.3, -0.25) is 0 Å². The standard InChI is InChI=1S/C14H8Cl2O4/c15-9-5-1-3-7(13(17)18)11(9)12-8(14(19)20)4-2-6-10(12)16/h1-6H,(H,17,18)(H,19,20). The third-order valence-corrected chi connectivity index (χ3v) is 3.37. The molecule has 0 heterocycles. The van der Waals surface area contributed by atoms with E-state index in [4.69, 9.17) is 23.2 Å². The lowest BCUT2D eigenvalue weighted by Gasteiger charge is -2.13. The number of hydrogen-bond acceptors (Lipinski definition) is 2. The number of rotatable bonds is 3. The Morgan fingerprint density at radius 3 is 1.40 bits per heavy atom. The summed E-state index contributed by atoms with van der Waals surface area (Å²) in [6, 6.07) is 8.62. The third-order valence-electron chi connectivity index (χ3n) is 2.74. The first-order valence-corrected chi connectivity index (χ1v) is 6.23.